The Kier molecular flexibility index (Phi) is 7.77. The lowest BCUT2D eigenvalue weighted by Crippen LogP contribution is -2.45. The number of hydrogen-bond donors (Lipinski definition) is 0. The molecule has 0 radical (unpaired) electrons. The zero-order valence-electron chi connectivity index (χ0n) is 28.6. The van der Waals surface area contributed by atoms with Crippen molar-refractivity contribution in [1.82, 2.24) is 0 Å². The maximum Gasteiger partial charge on any atom is 0.0553 e. The van der Waals surface area contributed by atoms with Crippen LogP contribution in [-0.4, -0.2) is 8.07 Å². The third-order valence-corrected chi connectivity index (χ3v) is 17.5. The van der Waals surface area contributed by atoms with Gasteiger partial charge in [-0.25, -0.2) is 0 Å². The number of benzene rings is 2. The Morgan fingerprint density at radius 2 is 0.907 bits per heavy atom. The summed E-state index contributed by atoms with van der Waals surface area (Å²) in [5, 5.41) is 0. The molecule has 2 fully saturated rings. The number of fused-ring (bicyclic) bond motifs is 2. The van der Waals surface area contributed by atoms with E-state index in [9.17, 15) is 0 Å². The fourth-order valence-electron chi connectivity index (χ4n) is 10.3. The van der Waals surface area contributed by atoms with E-state index in [1.807, 2.05) is 0 Å². The fraction of sp³-hybridized carbons (Fsp3) is 0.524. The molecule has 4 aliphatic carbocycles. The van der Waals surface area contributed by atoms with Gasteiger partial charge in [0.15, 0.2) is 0 Å². The Morgan fingerprint density at radius 1 is 0.558 bits per heavy atom. The highest BCUT2D eigenvalue weighted by Crippen LogP contribution is 2.64. The first-order valence-corrected chi connectivity index (χ1v) is 20.3. The molecule has 0 aliphatic heterocycles. The van der Waals surface area contributed by atoms with Crippen LogP contribution in [0.2, 0.25) is 24.2 Å². The molecule has 0 heterocycles. The predicted molar refractivity (Wildman–Crippen MR) is 191 cm³/mol. The van der Waals surface area contributed by atoms with E-state index < -0.39 is 8.07 Å². The molecule has 43 heavy (non-hydrogen) atoms. The molecular formula is C42H56Si. The van der Waals surface area contributed by atoms with E-state index in [4.69, 9.17) is 0 Å². The molecule has 228 valence electrons. The topological polar surface area (TPSA) is 0 Å². The second-order valence-corrected chi connectivity index (χ2v) is 22.3. The van der Waals surface area contributed by atoms with Gasteiger partial charge in [-0.3, -0.25) is 0 Å². The van der Waals surface area contributed by atoms with Crippen molar-refractivity contribution >= 4 is 19.2 Å². The van der Waals surface area contributed by atoms with Crippen molar-refractivity contribution in [3.8, 4) is 0 Å². The maximum atomic E-state index is 2.79. The summed E-state index contributed by atoms with van der Waals surface area (Å²) in [6.45, 7) is 24.7. The molecule has 0 saturated heterocycles. The molecule has 2 saturated carbocycles. The van der Waals surface area contributed by atoms with Gasteiger partial charge in [-0.05, 0) is 104 Å². The number of allylic oxidation sites excluding steroid dienone is 8. The van der Waals surface area contributed by atoms with Gasteiger partial charge in [0.1, 0.15) is 0 Å². The largest absolute Gasteiger partial charge is 0.0808 e. The van der Waals surface area contributed by atoms with Gasteiger partial charge < -0.3 is 0 Å². The first kappa shape index (κ1) is 30.6. The second-order valence-electron chi connectivity index (χ2n) is 17.3. The van der Waals surface area contributed by atoms with Crippen LogP contribution >= 0.6 is 0 Å². The first-order valence-electron chi connectivity index (χ1n) is 17.2. The van der Waals surface area contributed by atoms with Gasteiger partial charge in [-0.1, -0.05) is 153 Å². The monoisotopic (exact) mass is 588 g/mol. The molecule has 2 aromatic rings. The van der Waals surface area contributed by atoms with E-state index in [0.717, 1.165) is 22.9 Å². The van der Waals surface area contributed by atoms with Crippen molar-refractivity contribution in [3.63, 3.8) is 0 Å². The first-order chi connectivity index (χ1) is 20.2. The molecule has 0 amide bonds. The summed E-state index contributed by atoms with van der Waals surface area (Å²) < 4.78 is 0. The van der Waals surface area contributed by atoms with E-state index in [-0.39, 0.29) is 10.8 Å². The van der Waals surface area contributed by atoms with Crippen LogP contribution in [0.15, 0.2) is 85.0 Å². The van der Waals surface area contributed by atoms with Crippen LogP contribution in [0, 0.1) is 35.5 Å². The van der Waals surface area contributed by atoms with Crippen molar-refractivity contribution in [3.05, 3.63) is 107 Å². The van der Waals surface area contributed by atoms with E-state index in [1.54, 1.807) is 11.1 Å². The minimum absolute atomic E-state index is 0.193. The Bertz CT molecular complexity index is 1340. The van der Waals surface area contributed by atoms with Crippen molar-refractivity contribution in [2.24, 2.45) is 35.5 Å². The molecule has 6 rings (SSSR count). The molecule has 4 aliphatic rings. The van der Waals surface area contributed by atoms with Gasteiger partial charge in [0.25, 0.3) is 0 Å². The summed E-state index contributed by atoms with van der Waals surface area (Å²) in [4.78, 5) is 0. The summed E-state index contributed by atoms with van der Waals surface area (Å²) in [5.74, 6) is 4.22. The molecule has 0 bridgehead atoms. The lowest BCUT2D eigenvalue weighted by molar-refractivity contribution is 0.495. The summed E-state index contributed by atoms with van der Waals surface area (Å²) in [6, 6.07) is 19.1. The third-order valence-electron chi connectivity index (χ3n) is 12.1. The Labute approximate surface area is 264 Å². The fourth-order valence-corrected chi connectivity index (χ4v) is 16.6. The normalized spacial score (nSPS) is 32.3. The Hall–Kier alpha value is -2.38. The number of rotatable bonds is 4. The van der Waals surface area contributed by atoms with E-state index in [1.165, 1.54) is 35.1 Å². The molecular weight excluding hydrogens is 533 g/mol. The highest BCUT2D eigenvalue weighted by molar-refractivity contribution is 6.80. The van der Waals surface area contributed by atoms with Crippen LogP contribution in [0.3, 0.4) is 0 Å². The Balaban J connectivity index is 1.26. The third kappa shape index (κ3) is 5.43. The quantitative estimate of drug-likeness (QED) is 0.312. The van der Waals surface area contributed by atoms with Crippen molar-refractivity contribution in [2.45, 2.75) is 103 Å². The van der Waals surface area contributed by atoms with Crippen LogP contribution in [0.5, 0.6) is 0 Å². The van der Waals surface area contributed by atoms with Gasteiger partial charge in [-0.2, -0.15) is 0 Å². The zero-order chi connectivity index (χ0) is 30.9. The predicted octanol–water partition coefficient (Wildman–Crippen LogP) is 11.9. The van der Waals surface area contributed by atoms with E-state index in [2.05, 4.69) is 153 Å². The average molecular weight is 589 g/mol. The molecule has 0 spiro atoms. The van der Waals surface area contributed by atoms with Crippen molar-refractivity contribution < 1.29 is 0 Å². The highest BCUT2D eigenvalue weighted by atomic mass is 28.3. The lowest BCUT2D eigenvalue weighted by Gasteiger charge is -2.46. The molecule has 6 unspecified atom stereocenters. The highest BCUT2D eigenvalue weighted by Gasteiger charge is 2.57. The van der Waals surface area contributed by atoms with Gasteiger partial charge in [-0.15, -0.1) is 0 Å². The summed E-state index contributed by atoms with van der Waals surface area (Å²) in [6.07, 6.45) is 17.6. The van der Waals surface area contributed by atoms with Crippen LogP contribution in [0.4, 0.5) is 0 Å². The van der Waals surface area contributed by atoms with Crippen LogP contribution in [0.25, 0.3) is 11.1 Å². The lowest BCUT2D eigenvalue weighted by atomic mass is 9.80. The Morgan fingerprint density at radius 3 is 1.23 bits per heavy atom. The van der Waals surface area contributed by atoms with Crippen molar-refractivity contribution in [2.75, 3.05) is 0 Å². The smallest absolute Gasteiger partial charge is 0.0553 e. The molecule has 1 heteroatoms. The van der Waals surface area contributed by atoms with E-state index >= 15 is 0 Å². The molecule has 0 nitrogen and oxygen atoms in total. The van der Waals surface area contributed by atoms with Gasteiger partial charge in [0.05, 0.1) is 8.07 Å². The van der Waals surface area contributed by atoms with E-state index in [0.29, 0.717) is 23.7 Å². The molecule has 8 atom stereocenters. The average Bonchev–Trinajstić information content (AvgIpc) is 3.48. The summed E-state index contributed by atoms with van der Waals surface area (Å²) in [5.41, 5.74) is 10.9. The summed E-state index contributed by atoms with van der Waals surface area (Å²) >= 11 is 0. The van der Waals surface area contributed by atoms with Gasteiger partial charge >= 0.3 is 0 Å². The minimum Gasteiger partial charge on any atom is -0.0808 e. The molecule has 2 aromatic carbocycles. The van der Waals surface area contributed by atoms with Crippen LogP contribution in [-0.2, 0) is 10.8 Å². The maximum absolute atomic E-state index is 2.79. The zero-order valence-corrected chi connectivity index (χ0v) is 29.6. The van der Waals surface area contributed by atoms with Crippen LogP contribution < -0.4 is 0 Å². The molecule has 0 aromatic heterocycles. The van der Waals surface area contributed by atoms with Crippen LogP contribution in [0.1, 0.15) is 90.5 Å². The number of hydrogen-bond acceptors (Lipinski definition) is 0. The van der Waals surface area contributed by atoms with Crippen molar-refractivity contribution in [1.29, 1.82) is 0 Å². The second kappa shape index (κ2) is 10.9. The minimum atomic E-state index is -1.67. The van der Waals surface area contributed by atoms with Gasteiger partial charge in [0.2, 0.25) is 0 Å². The van der Waals surface area contributed by atoms with Gasteiger partial charge in [0, 0.05) is 0 Å². The summed E-state index contributed by atoms with van der Waals surface area (Å²) in [7, 11) is -1.67. The SMILES string of the molecule is CC1C[C@@H]2C(c3ccc(C(C)(C)C)cc3)=CC=CC2C1[Si](C)(C)C1C(C)C[C@@H]2C(c3ccc(C(C)(C)C)cc3)=CC=CC12. The molecule has 0 N–H and O–H groups in total. The standard InChI is InChI=1S/C42H56Si/c1-27-25-37-33(29-17-21-31(22-18-29)41(3,4)5)13-11-15-35(37)39(27)43(9,10)40-28(2)26-38-34(14-12-16-36(38)40)30-19-23-32(24-20-30)42(6,7)8/h11-24,27-28,35-40H,25-26H2,1-10H3/t27?,28?,35?,36?,37-,38-,39?,40?/m1/s1.